The first-order valence-electron chi connectivity index (χ1n) is 5.51. The largest absolute Gasteiger partial charge is 0.496 e. The van der Waals surface area contributed by atoms with Crippen LogP contribution in [0.4, 0.5) is 4.79 Å². The molecule has 0 saturated heterocycles. The van der Waals surface area contributed by atoms with E-state index in [1.807, 2.05) is 19.1 Å². The predicted molar refractivity (Wildman–Crippen MR) is 70.1 cm³/mol. The second-order valence-electron chi connectivity index (χ2n) is 4.10. The van der Waals surface area contributed by atoms with Gasteiger partial charge >= 0.3 is 5.37 Å². The highest BCUT2D eigenvalue weighted by atomic mass is 35.5. The minimum absolute atomic E-state index is 0.423. The van der Waals surface area contributed by atoms with E-state index >= 15 is 0 Å². The molecule has 0 saturated carbocycles. The topological polar surface area (TPSA) is 29.5 Å². The van der Waals surface area contributed by atoms with Crippen molar-refractivity contribution in [1.82, 2.24) is 4.90 Å². The summed E-state index contributed by atoms with van der Waals surface area (Å²) in [5.74, 6) is 0.896. The van der Waals surface area contributed by atoms with Gasteiger partial charge in [0, 0.05) is 13.6 Å². The lowest BCUT2D eigenvalue weighted by Crippen LogP contribution is -2.23. The summed E-state index contributed by atoms with van der Waals surface area (Å²) in [6.45, 7) is 4.72. The highest BCUT2D eigenvalue weighted by Crippen LogP contribution is 2.24. The van der Waals surface area contributed by atoms with Crippen molar-refractivity contribution in [3.63, 3.8) is 0 Å². The lowest BCUT2D eigenvalue weighted by atomic mass is 10.00. The number of hydrogen-bond acceptors (Lipinski definition) is 2. The van der Waals surface area contributed by atoms with Gasteiger partial charge in [-0.05, 0) is 54.6 Å². The van der Waals surface area contributed by atoms with Crippen molar-refractivity contribution in [3.05, 3.63) is 28.8 Å². The molecule has 1 amide bonds. The van der Waals surface area contributed by atoms with Crippen LogP contribution < -0.4 is 4.74 Å². The van der Waals surface area contributed by atoms with E-state index < -0.39 is 5.37 Å². The molecule has 1 rings (SSSR count). The molecule has 94 valence electrons. The molecule has 0 aliphatic carbocycles. The Hall–Kier alpha value is -1.22. The number of nitrogens with zero attached hydrogens (tertiary/aromatic N) is 1. The van der Waals surface area contributed by atoms with E-state index in [-0.39, 0.29) is 0 Å². The van der Waals surface area contributed by atoms with Crippen LogP contribution in [0.2, 0.25) is 0 Å². The zero-order valence-electron chi connectivity index (χ0n) is 10.7. The van der Waals surface area contributed by atoms with Gasteiger partial charge < -0.3 is 9.64 Å². The summed E-state index contributed by atoms with van der Waals surface area (Å²) in [4.78, 5) is 12.4. The van der Waals surface area contributed by atoms with Crippen molar-refractivity contribution < 1.29 is 9.53 Å². The first kappa shape index (κ1) is 13.8. The first-order chi connectivity index (χ1) is 7.97. The molecule has 0 spiro atoms. The van der Waals surface area contributed by atoms with Gasteiger partial charge in [-0.25, -0.2) is 0 Å². The highest BCUT2D eigenvalue weighted by molar-refractivity contribution is 6.62. The SMILES string of the molecule is COc1ccc(CCN(C)C(=O)Cl)c(C)c1C. The molecule has 1 aromatic carbocycles. The Morgan fingerprint density at radius 2 is 2.00 bits per heavy atom. The van der Waals surface area contributed by atoms with Crippen LogP contribution in [0.1, 0.15) is 16.7 Å². The van der Waals surface area contributed by atoms with Gasteiger partial charge in [0.2, 0.25) is 0 Å². The molecule has 0 unspecified atom stereocenters. The normalized spacial score (nSPS) is 10.2. The van der Waals surface area contributed by atoms with Gasteiger partial charge in [-0.15, -0.1) is 0 Å². The zero-order chi connectivity index (χ0) is 13.0. The van der Waals surface area contributed by atoms with E-state index in [1.165, 1.54) is 16.0 Å². The molecule has 0 fully saturated rings. The third-order valence-electron chi connectivity index (χ3n) is 3.09. The number of carbonyl (C=O) groups excluding carboxylic acids is 1. The summed E-state index contributed by atoms with van der Waals surface area (Å²) >= 11 is 5.38. The van der Waals surface area contributed by atoms with Gasteiger partial charge in [-0.3, -0.25) is 4.79 Å². The van der Waals surface area contributed by atoms with Crippen LogP contribution in [-0.2, 0) is 6.42 Å². The Bertz CT molecular complexity index is 418. The van der Waals surface area contributed by atoms with Crippen molar-refractivity contribution in [2.75, 3.05) is 20.7 Å². The number of likely N-dealkylation sites (N-methyl/N-ethyl adjacent to an activating group) is 1. The van der Waals surface area contributed by atoms with E-state index in [4.69, 9.17) is 16.3 Å². The quantitative estimate of drug-likeness (QED) is 0.611. The predicted octanol–water partition coefficient (Wildman–Crippen LogP) is 3.15. The fourth-order valence-electron chi connectivity index (χ4n) is 1.72. The standard InChI is InChI=1S/C13H18ClNO2/c1-9-10(2)12(17-4)6-5-11(9)7-8-15(3)13(14)16/h5-6H,7-8H2,1-4H3. The highest BCUT2D eigenvalue weighted by Gasteiger charge is 2.09. The van der Waals surface area contributed by atoms with E-state index in [2.05, 4.69) is 6.92 Å². The van der Waals surface area contributed by atoms with Crippen LogP contribution in [0, 0.1) is 13.8 Å². The molecule has 1 aromatic rings. The molecular weight excluding hydrogens is 238 g/mol. The number of methoxy groups -OCH3 is 1. The molecule has 0 heterocycles. The molecular formula is C13H18ClNO2. The maximum absolute atomic E-state index is 10.9. The molecule has 0 radical (unpaired) electrons. The van der Waals surface area contributed by atoms with Crippen LogP contribution in [0.25, 0.3) is 0 Å². The number of ether oxygens (including phenoxy) is 1. The fraction of sp³-hybridized carbons (Fsp3) is 0.462. The second-order valence-corrected chi connectivity index (χ2v) is 4.42. The first-order valence-corrected chi connectivity index (χ1v) is 5.88. The maximum atomic E-state index is 10.9. The Morgan fingerprint density at radius 1 is 1.35 bits per heavy atom. The average Bonchev–Trinajstić information content (AvgIpc) is 2.30. The number of hydrogen-bond donors (Lipinski definition) is 0. The van der Waals surface area contributed by atoms with Crippen LogP contribution in [0.3, 0.4) is 0 Å². The molecule has 3 nitrogen and oxygen atoms in total. The molecule has 0 aliphatic heterocycles. The Balaban J connectivity index is 2.79. The van der Waals surface area contributed by atoms with Crippen molar-refractivity contribution in [2.45, 2.75) is 20.3 Å². The summed E-state index contributed by atoms with van der Waals surface area (Å²) in [5.41, 5.74) is 3.57. The van der Waals surface area contributed by atoms with Gasteiger partial charge in [0.25, 0.3) is 0 Å². The number of halogens is 1. The summed E-state index contributed by atoms with van der Waals surface area (Å²) in [5, 5.41) is -0.423. The molecule has 17 heavy (non-hydrogen) atoms. The summed E-state index contributed by atoms with van der Waals surface area (Å²) in [7, 11) is 3.36. The van der Waals surface area contributed by atoms with Crippen LogP contribution in [0.15, 0.2) is 12.1 Å². The van der Waals surface area contributed by atoms with Crippen molar-refractivity contribution in [3.8, 4) is 5.75 Å². The fourth-order valence-corrected chi connectivity index (χ4v) is 1.80. The minimum Gasteiger partial charge on any atom is -0.496 e. The van der Waals surface area contributed by atoms with Crippen LogP contribution >= 0.6 is 11.6 Å². The van der Waals surface area contributed by atoms with Crippen molar-refractivity contribution >= 4 is 17.0 Å². The van der Waals surface area contributed by atoms with Crippen molar-refractivity contribution in [2.24, 2.45) is 0 Å². The maximum Gasteiger partial charge on any atom is 0.316 e. The molecule has 0 N–H and O–H groups in total. The van der Waals surface area contributed by atoms with E-state index in [0.717, 1.165) is 17.7 Å². The molecule has 0 aliphatic rings. The Kier molecular flexibility index (Phi) is 4.82. The number of carbonyl (C=O) groups is 1. The molecule has 4 heteroatoms. The molecule has 0 bridgehead atoms. The number of amides is 1. The third-order valence-corrected chi connectivity index (χ3v) is 3.37. The van der Waals surface area contributed by atoms with Gasteiger partial charge in [-0.1, -0.05) is 6.07 Å². The lowest BCUT2D eigenvalue weighted by molar-refractivity contribution is 0.232. The summed E-state index contributed by atoms with van der Waals surface area (Å²) < 4.78 is 5.26. The monoisotopic (exact) mass is 255 g/mol. The van der Waals surface area contributed by atoms with E-state index in [0.29, 0.717) is 6.54 Å². The zero-order valence-corrected chi connectivity index (χ0v) is 11.5. The molecule has 0 atom stereocenters. The Labute approximate surface area is 107 Å². The molecule has 0 aromatic heterocycles. The van der Waals surface area contributed by atoms with E-state index in [1.54, 1.807) is 14.2 Å². The summed E-state index contributed by atoms with van der Waals surface area (Å²) in [6.07, 6.45) is 0.797. The average molecular weight is 256 g/mol. The number of benzene rings is 1. The number of rotatable bonds is 4. The van der Waals surface area contributed by atoms with Gasteiger partial charge in [-0.2, -0.15) is 0 Å². The minimum atomic E-state index is -0.423. The third kappa shape index (κ3) is 3.37. The summed E-state index contributed by atoms with van der Waals surface area (Å²) in [6, 6.07) is 3.99. The second kappa shape index (κ2) is 5.92. The Morgan fingerprint density at radius 3 is 2.53 bits per heavy atom. The van der Waals surface area contributed by atoms with E-state index in [9.17, 15) is 4.79 Å². The van der Waals surface area contributed by atoms with Crippen LogP contribution in [0.5, 0.6) is 5.75 Å². The van der Waals surface area contributed by atoms with Crippen molar-refractivity contribution in [1.29, 1.82) is 0 Å². The van der Waals surface area contributed by atoms with Gasteiger partial charge in [0.05, 0.1) is 7.11 Å². The lowest BCUT2D eigenvalue weighted by Gasteiger charge is -2.16. The van der Waals surface area contributed by atoms with Crippen LogP contribution in [-0.4, -0.2) is 31.0 Å². The smallest absolute Gasteiger partial charge is 0.316 e. The van der Waals surface area contributed by atoms with Gasteiger partial charge in [0.15, 0.2) is 0 Å². The van der Waals surface area contributed by atoms with Gasteiger partial charge in [0.1, 0.15) is 5.75 Å².